The van der Waals surface area contributed by atoms with Crippen molar-refractivity contribution in [2.24, 2.45) is 0 Å². The summed E-state index contributed by atoms with van der Waals surface area (Å²) >= 11 is 0. The standard InChI is InChI=1S/C24H29N3O5/c1-29-20-5-2-17(3-6-20)21-12-19(18-4-7-22-23(13-18)32-16-31-22)14-26(21)15-24(28)25-27-8-10-30-11-9-27/h2-7,13,19,21H,8-12,14-16H2,1H3,(H,25,28)/t19-,21+/m0/s1. The normalized spacial score (nSPS) is 23.3. The first-order chi connectivity index (χ1) is 15.7. The molecule has 0 saturated carbocycles. The van der Waals surface area contributed by atoms with Crippen molar-refractivity contribution in [3.05, 3.63) is 53.6 Å². The Morgan fingerprint density at radius 3 is 2.59 bits per heavy atom. The fraction of sp³-hybridized carbons (Fsp3) is 0.458. The van der Waals surface area contributed by atoms with Gasteiger partial charge in [0.15, 0.2) is 11.5 Å². The molecule has 8 nitrogen and oxygen atoms in total. The lowest BCUT2D eigenvalue weighted by Gasteiger charge is -2.29. The van der Waals surface area contributed by atoms with Crippen LogP contribution in [-0.2, 0) is 9.53 Å². The van der Waals surface area contributed by atoms with Crippen LogP contribution < -0.4 is 19.6 Å². The Hall–Kier alpha value is -2.81. The van der Waals surface area contributed by atoms with Crippen molar-refractivity contribution in [2.45, 2.75) is 18.4 Å². The maximum absolute atomic E-state index is 12.8. The molecule has 0 radical (unpaired) electrons. The van der Waals surface area contributed by atoms with E-state index in [0.29, 0.717) is 38.8 Å². The number of ether oxygens (including phenoxy) is 4. The van der Waals surface area contributed by atoms with E-state index in [2.05, 4.69) is 34.6 Å². The number of hydrogen-bond acceptors (Lipinski definition) is 7. The minimum absolute atomic E-state index is 0.0109. The second-order valence-electron chi connectivity index (χ2n) is 8.40. The van der Waals surface area contributed by atoms with Crippen LogP contribution in [0.2, 0.25) is 0 Å². The third kappa shape index (κ3) is 4.53. The smallest absolute Gasteiger partial charge is 0.248 e. The van der Waals surface area contributed by atoms with Gasteiger partial charge in [-0.2, -0.15) is 0 Å². The van der Waals surface area contributed by atoms with Crippen LogP contribution >= 0.6 is 0 Å². The highest BCUT2D eigenvalue weighted by atomic mass is 16.7. The number of hydrazine groups is 1. The molecule has 0 bridgehead atoms. The molecule has 8 heteroatoms. The molecule has 32 heavy (non-hydrogen) atoms. The van der Waals surface area contributed by atoms with Gasteiger partial charge >= 0.3 is 0 Å². The van der Waals surface area contributed by atoms with E-state index in [1.165, 1.54) is 11.1 Å². The van der Waals surface area contributed by atoms with Gasteiger partial charge in [0.2, 0.25) is 12.7 Å². The van der Waals surface area contributed by atoms with E-state index in [0.717, 1.165) is 30.2 Å². The van der Waals surface area contributed by atoms with Crippen molar-refractivity contribution in [3.63, 3.8) is 0 Å². The van der Waals surface area contributed by atoms with Crippen LogP contribution in [0.5, 0.6) is 17.2 Å². The van der Waals surface area contributed by atoms with E-state index in [-0.39, 0.29) is 18.7 Å². The maximum atomic E-state index is 12.8. The summed E-state index contributed by atoms with van der Waals surface area (Å²) in [5.74, 6) is 2.73. The molecule has 3 heterocycles. The van der Waals surface area contributed by atoms with Crippen molar-refractivity contribution in [1.82, 2.24) is 15.3 Å². The van der Waals surface area contributed by atoms with Gasteiger partial charge in [0.05, 0.1) is 26.9 Å². The van der Waals surface area contributed by atoms with Gasteiger partial charge in [-0.05, 0) is 47.7 Å². The molecule has 5 rings (SSSR count). The van der Waals surface area contributed by atoms with E-state index >= 15 is 0 Å². The van der Waals surface area contributed by atoms with Crippen LogP contribution in [0.25, 0.3) is 0 Å². The number of fused-ring (bicyclic) bond motifs is 1. The summed E-state index contributed by atoms with van der Waals surface area (Å²) in [6.45, 7) is 4.13. The van der Waals surface area contributed by atoms with Crippen molar-refractivity contribution >= 4 is 5.91 Å². The molecule has 0 aliphatic carbocycles. The third-order valence-electron chi connectivity index (χ3n) is 6.41. The topological polar surface area (TPSA) is 72.5 Å². The molecule has 1 N–H and O–H groups in total. The molecule has 2 aromatic rings. The predicted octanol–water partition coefficient (Wildman–Crippen LogP) is 2.32. The lowest BCUT2D eigenvalue weighted by Crippen LogP contribution is -2.51. The van der Waals surface area contributed by atoms with Crippen LogP contribution in [0.15, 0.2) is 42.5 Å². The third-order valence-corrected chi connectivity index (χ3v) is 6.41. The monoisotopic (exact) mass is 439 g/mol. The number of benzene rings is 2. The Kier molecular flexibility index (Phi) is 6.16. The molecular formula is C24H29N3O5. The largest absolute Gasteiger partial charge is 0.497 e. The molecule has 1 amide bonds. The minimum atomic E-state index is 0.0109. The van der Waals surface area contributed by atoms with Crippen LogP contribution in [0.3, 0.4) is 0 Å². The summed E-state index contributed by atoms with van der Waals surface area (Å²) in [5.41, 5.74) is 5.44. The zero-order valence-corrected chi connectivity index (χ0v) is 18.3. The van der Waals surface area contributed by atoms with E-state index in [9.17, 15) is 4.79 Å². The summed E-state index contributed by atoms with van der Waals surface area (Å²) in [6, 6.07) is 14.5. The first-order valence-electron chi connectivity index (χ1n) is 11.1. The first-order valence-corrected chi connectivity index (χ1v) is 11.1. The number of morpholine rings is 1. The molecule has 2 aromatic carbocycles. The van der Waals surface area contributed by atoms with Crippen molar-refractivity contribution in [1.29, 1.82) is 0 Å². The quantitative estimate of drug-likeness (QED) is 0.741. The Morgan fingerprint density at radius 2 is 1.81 bits per heavy atom. The van der Waals surface area contributed by atoms with E-state index in [1.54, 1.807) is 7.11 Å². The van der Waals surface area contributed by atoms with Crippen LogP contribution in [0.4, 0.5) is 0 Å². The summed E-state index contributed by atoms with van der Waals surface area (Å²) in [6.07, 6.45) is 0.927. The van der Waals surface area contributed by atoms with Crippen molar-refractivity contribution < 1.29 is 23.7 Å². The molecule has 0 unspecified atom stereocenters. The molecule has 2 saturated heterocycles. The fourth-order valence-electron chi connectivity index (χ4n) is 4.73. The molecular weight excluding hydrogens is 410 g/mol. The van der Waals surface area contributed by atoms with E-state index in [4.69, 9.17) is 18.9 Å². The van der Waals surface area contributed by atoms with E-state index in [1.807, 2.05) is 23.2 Å². The molecule has 3 aliphatic heterocycles. The summed E-state index contributed by atoms with van der Waals surface area (Å²) in [5, 5.41) is 1.94. The summed E-state index contributed by atoms with van der Waals surface area (Å²) in [4.78, 5) is 15.1. The van der Waals surface area contributed by atoms with Gasteiger partial charge in [0.25, 0.3) is 0 Å². The average molecular weight is 440 g/mol. The van der Waals surface area contributed by atoms with E-state index < -0.39 is 0 Å². The Bertz CT molecular complexity index is 945. The Morgan fingerprint density at radius 1 is 1.06 bits per heavy atom. The minimum Gasteiger partial charge on any atom is -0.497 e. The molecule has 3 aliphatic rings. The Balaban J connectivity index is 1.33. The van der Waals surface area contributed by atoms with Crippen LogP contribution in [0.1, 0.15) is 29.5 Å². The van der Waals surface area contributed by atoms with Gasteiger partial charge in [-0.3, -0.25) is 15.1 Å². The highest BCUT2D eigenvalue weighted by molar-refractivity contribution is 5.77. The molecule has 0 spiro atoms. The lowest BCUT2D eigenvalue weighted by molar-refractivity contribution is -0.129. The van der Waals surface area contributed by atoms with Gasteiger partial charge in [0.1, 0.15) is 5.75 Å². The number of nitrogens with one attached hydrogen (secondary N) is 1. The van der Waals surface area contributed by atoms with Gasteiger partial charge in [-0.1, -0.05) is 18.2 Å². The van der Waals surface area contributed by atoms with Crippen molar-refractivity contribution in [3.8, 4) is 17.2 Å². The second kappa shape index (κ2) is 9.36. The van der Waals surface area contributed by atoms with Crippen molar-refractivity contribution in [2.75, 3.05) is 53.3 Å². The second-order valence-corrected chi connectivity index (χ2v) is 8.40. The lowest BCUT2D eigenvalue weighted by atomic mass is 9.93. The predicted molar refractivity (Wildman–Crippen MR) is 118 cm³/mol. The highest BCUT2D eigenvalue weighted by Gasteiger charge is 2.35. The van der Waals surface area contributed by atoms with Gasteiger partial charge in [-0.15, -0.1) is 0 Å². The number of carbonyl (C=O) groups excluding carboxylic acids is 1. The fourth-order valence-corrected chi connectivity index (χ4v) is 4.73. The van der Waals surface area contributed by atoms with Crippen LogP contribution in [-0.4, -0.2) is 69.1 Å². The average Bonchev–Trinajstić information content (AvgIpc) is 3.46. The van der Waals surface area contributed by atoms with Crippen LogP contribution in [0, 0.1) is 0 Å². The number of methoxy groups -OCH3 is 1. The summed E-state index contributed by atoms with van der Waals surface area (Å²) in [7, 11) is 1.67. The summed E-state index contributed by atoms with van der Waals surface area (Å²) < 4.78 is 21.7. The van der Waals surface area contributed by atoms with Gasteiger partial charge in [0, 0.05) is 25.7 Å². The molecule has 2 atom stereocenters. The van der Waals surface area contributed by atoms with Gasteiger partial charge in [-0.25, -0.2) is 5.01 Å². The zero-order chi connectivity index (χ0) is 21.9. The maximum Gasteiger partial charge on any atom is 0.248 e. The molecule has 170 valence electrons. The Labute approximate surface area is 188 Å². The number of likely N-dealkylation sites (tertiary alicyclic amines) is 1. The molecule has 0 aromatic heterocycles. The number of amides is 1. The molecule has 2 fully saturated rings. The zero-order valence-electron chi connectivity index (χ0n) is 18.3. The number of nitrogens with zero attached hydrogens (tertiary/aromatic N) is 2. The number of rotatable bonds is 6. The number of hydrogen-bond donors (Lipinski definition) is 1. The SMILES string of the molecule is COc1ccc([C@H]2C[C@H](c3ccc4c(c3)OCO4)CN2CC(=O)NN2CCOCC2)cc1. The van der Waals surface area contributed by atoms with Gasteiger partial charge < -0.3 is 18.9 Å². The number of carbonyl (C=O) groups is 1. The first kappa shape index (κ1) is 21.1. The highest BCUT2D eigenvalue weighted by Crippen LogP contribution is 2.43.